The van der Waals surface area contributed by atoms with E-state index in [0.29, 0.717) is 0 Å². The highest BCUT2D eigenvalue weighted by molar-refractivity contribution is 6.36. The van der Waals surface area contributed by atoms with Crippen molar-refractivity contribution in [2.45, 2.75) is 19.3 Å². The number of hydrogen-bond acceptors (Lipinski definition) is 1. The van der Waals surface area contributed by atoms with E-state index in [9.17, 15) is 0 Å². The second-order valence-corrected chi connectivity index (χ2v) is 18.4. The lowest BCUT2D eigenvalue weighted by molar-refractivity contribution is 0.667. The molecule has 0 radical (unpaired) electrons. The van der Waals surface area contributed by atoms with E-state index in [4.69, 9.17) is 0 Å². The Morgan fingerprint density at radius 3 is 1.48 bits per heavy atom. The van der Waals surface area contributed by atoms with Gasteiger partial charge in [0.25, 0.3) is 0 Å². The van der Waals surface area contributed by atoms with Crippen molar-refractivity contribution in [2.24, 2.45) is 0 Å². The second kappa shape index (κ2) is 14.9. The van der Waals surface area contributed by atoms with Crippen LogP contribution in [-0.2, 0) is 5.41 Å². The topological polar surface area (TPSA) is 3.24 Å². The molecule has 0 saturated heterocycles. The number of anilines is 3. The summed E-state index contributed by atoms with van der Waals surface area (Å²) in [5, 5.41) is 12.7. The highest BCUT2D eigenvalue weighted by Crippen LogP contribution is 2.58. The summed E-state index contributed by atoms with van der Waals surface area (Å²) < 4.78 is 0. The first-order valence-electron chi connectivity index (χ1n) is 23.1. The van der Waals surface area contributed by atoms with Crippen LogP contribution >= 0.6 is 0 Å². The van der Waals surface area contributed by atoms with Crippen LogP contribution in [0.2, 0.25) is 0 Å². The van der Waals surface area contributed by atoms with Crippen LogP contribution in [-0.4, -0.2) is 0 Å². The minimum atomic E-state index is -0.304. The Labute approximate surface area is 385 Å². The summed E-state index contributed by atoms with van der Waals surface area (Å²) in [6.45, 7) is 4.91. The van der Waals surface area contributed by atoms with Gasteiger partial charge in [-0.05, 0) is 153 Å². The smallest absolute Gasteiger partial charge is 0.0540 e. The Bertz CT molecular complexity index is 3860. The fourth-order valence-electron chi connectivity index (χ4n) is 11.3. The van der Waals surface area contributed by atoms with Gasteiger partial charge in [-0.3, -0.25) is 0 Å². The Morgan fingerprint density at radius 2 is 0.818 bits per heavy atom. The van der Waals surface area contributed by atoms with E-state index >= 15 is 0 Å². The molecule has 0 atom stereocenters. The van der Waals surface area contributed by atoms with Gasteiger partial charge in [-0.2, -0.15) is 0 Å². The van der Waals surface area contributed by atoms with Gasteiger partial charge in [0.15, 0.2) is 0 Å². The molecule has 0 spiro atoms. The molecule has 13 rings (SSSR count). The molecule has 0 aliphatic heterocycles. The van der Waals surface area contributed by atoms with Crippen molar-refractivity contribution in [1.29, 1.82) is 0 Å². The molecule has 1 aliphatic rings. The third kappa shape index (κ3) is 5.87. The quantitative estimate of drug-likeness (QED) is 0.151. The Kier molecular flexibility index (Phi) is 8.63. The molecule has 0 N–H and O–H groups in total. The van der Waals surface area contributed by atoms with Crippen molar-refractivity contribution >= 4 is 70.9 Å². The number of nitrogens with zero attached hydrogens (tertiary/aromatic N) is 1. The highest BCUT2D eigenvalue weighted by Gasteiger charge is 2.40. The van der Waals surface area contributed by atoms with E-state index in [0.717, 1.165) is 17.1 Å². The maximum absolute atomic E-state index is 2.47. The Balaban J connectivity index is 1.18. The van der Waals surface area contributed by atoms with Gasteiger partial charge in [0.05, 0.1) is 5.69 Å². The molecule has 1 heteroatoms. The van der Waals surface area contributed by atoms with E-state index in [1.54, 1.807) is 0 Å². The molecule has 0 bridgehead atoms. The number of hydrogen-bond donors (Lipinski definition) is 0. The molecule has 12 aromatic rings. The van der Waals surface area contributed by atoms with Gasteiger partial charge >= 0.3 is 0 Å². The Hall–Kier alpha value is -8.26. The lowest BCUT2D eigenvalue weighted by atomic mass is 9.76. The first-order valence-corrected chi connectivity index (χ1v) is 23.1. The molecule has 66 heavy (non-hydrogen) atoms. The molecule has 1 aliphatic carbocycles. The van der Waals surface area contributed by atoms with Crippen molar-refractivity contribution in [3.63, 3.8) is 0 Å². The molecule has 310 valence electrons. The third-order valence-electron chi connectivity index (χ3n) is 14.3. The van der Waals surface area contributed by atoms with E-state index < -0.39 is 0 Å². The van der Waals surface area contributed by atoms with Gasteiger partial charge in [0.1, 0.15) is 0 Å². The summed E-state index contributed by atoms with van der Waals surface area (Å²) in [6, 6.07) is 87.6. The van der Waals surface area contributed by atoms with Crippen molar-refractivity contribution in [3.05, 3.63) is 248 Å². The summed E-state index contributed by atoms with van der Waals surface area (Å²) >= 11 is 0. The maximum atomic E-state index is 2.47. The fraction of sp³-hybridized carbons (Fsp3) is 0.0462. The number of benzene rings is 12. The first-order chi connectivity index (χ1) is 32.5. The first kappa shape index (κ1) is 38.2. The molecule has 0 saturated carbocycles. The van der Waals surface area contributed by atoms with Crippen LogP contribution in [0.1, 0.15) is 25.0 Å². The second-order valence-electron chi connectivity index (χ2n) is 18.4. The number of rotatable bonds is 6. The van der Waals surface area contributed by atoms with Crippen LogP contribution < -0.4 is 4.90 Å². The monoisotopic (exact) mass is 839 g/mol. The Morgan fingerprint density at radius 1 is 0.318 bits per heavy atom. The minimum Gasteiger partial charge on any atom is -0.310 e. The van der Waals surface area contributed by atoms with E-state index in [1.807, 2.05) is 0 Å². The van der Waals surface area contributed by atoms with Gasteiger partial charge in [-0.25, -0.2) is 0 Å². The SMILES string of the molecule is CC1(C)c2cc(-c3ccccc3)ccc2-c2c1c1c3ccc(-c4ccccc4)cc3c3cc(N(c4ccccc4)c4cccc5ccccc45)ccc3c1c1ccc(-c3ccccc3)cc21. The van der Waals surface area contributed by atoms with Gasteiger partial charge in [-0.1, -0.05) is 202 Å². The molecule has 0 unspecified atom stereocenters. The fourth-order valence-corrected chi connectivity index (χ4v) is 11.3. The summed E-state index contributed by atoms with van der Waals surface area (Å²) in [6.07, 6.45) is 0. The van der Waals surface area contributed by atoms with Crippen molar-refractivity contribution < 1.29 is 0 Å². The largest absolute Gasteiger partial charge is 0.310 e. The van der Waals surface area contributed by atoms with Crippen molar-refractivity contribution in [2.75, 3.05) is 4.90 Å². The molecule has 0 fully saturated rings. The molecular formula is C65H45N. The number of para-hydroxylation sites is 1. The van der Waals surface area contributed by atoms with Gasteiger partial charge < -0.3 is 4.90 Å². The van der Waals surface area contributed by atoms with Gasteiger partial charge in [0.2, 0.25) is 0 Å². The zero-order valence-corrected chi connectivity index (χ0v) is 37.0. The average molecular weight is 840 g/mol. The molecule has 0 aromatic heterocycles. The third-order valence-corrected chi connectivity index (χ3v) is 14.3. The maximum Gasteiger partial charge on any atom is 0.0540 e. The van der Waals surface area contributed by atoms with Crippen LogP contribution in [0.3, 0.4) is 0 Å². The van der Waals surface area contributed by atoms with Crippen molar-refractivity contribution in [1.82, 2.24) is 0 Å². The standard InChI is InChI=1S/C65H45N/c1-65(2)59-40-48(44-22-11-5-12-23-44)32-36-55(59)62-58-39-47(43-20-9-4-10-21-43)31-35-54(58)61-52-37-33-50(66(49-26-13-6-14-27-49)60-29-17-25-45-24-15-16-28-51(45)60)41-57(52)56-38-46(42-18-7-3-8-19-42)30-34-53(56)63(61)64(62)65/h3-41H,1-2H3. The molecule has 1 nitrogen and oxygen atoms in total. The van der Waals surface area contributed by atoms with E-state index in [1.165, 1.54) is 109 Å². The predicted molar refractivity (Wildman–Crippen MR) is 283 cm³/mol. The van der Waals surface area contributed by atoms with E-state index in [-0.39, 0.29) is 5.41 Å². The summed E-state index contributed by atoms with van der Waals surface area (Å²) in [5.41, 5.74) is 15.9. The van der Waals surface area contributed by atoms with Gasteiger partial charge in [-0.15, -0.1) is 0 Å². The number of fused-ring (bicyclic) bond motifs is 14. The summed E-state index contributed by atoms with van der Waals surface area (Å²) in [7, 11) is 0. The zero-order valence-electron chi connectivity index (χ0n) is 37.0. The molecular weight excluding hydrogens is 795 g/mol. The molecule has 0 amide bonds. The van der Waals surface area contributed by atoms with Crippen LogP contribution in [0.15, 0.2) is 237 Å². The molecule has 12 aromatic carbocycles. The van der Waals surface area contributed by atoms with Crippen LogP contribution in [0, 0.1) is 0 Å². The van der Waals surface area contributed by atoms with E-state index in [2.05, 4.69) is 255 Å². The minimum absolute atomic E-state index is 0.304. The van der Waals surface area contributed by atoms with Crippen LogP contribution in [0.25, 0.3) is 98.4 Å². The summed E-state index contributed by atoms with van der Waals surface area (Å²) in [4.78, 5) is 2.44. The summed E-state index contributed by atoms with van der Waals surface area (Å²) in [5.74, 6) is 0. The van der Waals surface area contributed by atoms with Crippen molar-refractivity contribution in [3.8, 4) is 44.5 Å². The normalized spacial score (nSPS) is 12.8. The predicted octanol–water partition coefficient (Wildman–Crippen LogP) is 18.2. The van der Waals surface area contributed by atoms with Gasteiger partial charge in [0, 0.05) is 22.2 Å². The zero-order chi connectivity index (χ0) is 43.9. The molecule has 0 heterocycles. The lowest BCUT2D eigenvalue weighted by Crippen LogP contribution is -2.16. The lowest BCUT2D eigenvalue weighted by Gasteiger charge is -2.28. The highest BCUT2D eigenvalue weighted by atomic mass is 15.1. The van der Waals surface area contributed by atoms with Crippen LogP contribution in [0.4, 0.5) is 17.1 Å². The van der Waals surface area contributed by atoms with Crippen LogP contribution in [0.5, 0.6) is 0 Å². The average Bonchev–Trinajstić information content (AvgIpc) is 3.62.